The number of aromatic nitrogens is 4. The average Bonchev–Trinajstić information content (AvgIpc) is 3.32. The number of hydrogen-bond acceptors (Lipinski definition) is 5. The van der Waals surface area contributed by atoms with Gasteiger partial charge in [-0.25, -0.2) is 9.97 Å². The van der Waals surface area contributed by atoms with Crippen LogP contribution in [0.4, 0.5) is 5.82 Å². The quantitative estimate of drug-likeness (QED) is 0.939. The molecule has 0 unspecified atom stereocenters. The lowest BCUT2D eigenvalue weighted by atomic mass is 9.96. The molecule has 6 nitrogen and oxygen atoms in total. The standard InChI is InChI=1S/C17H20N6/c18-7-5-15(12-3-1-2-4-12)23-10-13(9-22-23)16-14-6-8-19-17(14)21-11-20-16/h9-12,15H,1-6,8H2,(H,19,20,21)/t15-/m0/s1. The van der Waals surface area contributed by atoms with Crippen molar-refractivity contribution in [3.8, 4) is 17.3 Å². The Morgan fingerprint density at radius 3 is 3.04 bits per heavy atom. The van der Waals surface area contributed by atoms with Crippen LogP contribution in [-0.2, 0) is 6.42 Å². The highest BCUT2D eigenvalue weighted by Crippen LogP contribution is 2.37. The normalized spacial score (nSPS) is 18.4. The summed E-state index contributed by atoms with van der Waals surface area (Å²) in [6.45, 7) is 0.911. The number of nitriles is 1. The molecule has 3 heterocycles. The lowest BCUT2D eigenvalue weighted by molar-refractivity contribution is 0.315. The first kappa shape index (κ1) is 14.2. The Morgan fingerprint density at radius 2 is 2.22 bits per heavy atom. The summed E-state index contributed by atoms with van der Waals surface area (Å²) in [7, 11) is 0. The monoisotopic (exact) mass is 308 g/mol. The molecular formula is C17H20N6. The number of fused-ring (bicyclic) bond motifs is 1. The van der Waals surface area contributed by atoms with E-state index in [-0.39, 0.29) is 6.04 Å². The predicted molar refractivity (Wildman–Crippen MR) is 86.7 cm³/mol. The van der Waals surface area contributed by atoms with Crippen molar-refractivity contribution < 1.29 is 0 Å². The molecule has 1 aliphatic carbocycles. The largest absolute Gasteiger partial charge is 0.369 e. The summed E-state index contributed by atoms with van der Waals surface area (Å²) in [4.78, 5) is 8.75. The third-order valence-electron chi connectivity index (χ3n) is 5.07. The van der Waals surface area contributed by atoms with Gasteiger partial charge in [-0.1, -0.05) is 12.8 Å². The maximum absolute atomic E-state index is 9.19. The van der Waals surface area contributed by atoms with Gasteiger partial charge in [-0.2, -0.15) is 10.4 Å². The van der Waals surface area contributed by atoms with E-state index in [4.69, 9.17) is 0 Å². The van der Waals surface area contributed by atoms with Crippen molar-refractivity contribution in [3.05, 3.63) is 24.3 Å². The summed E-state index contributed by atoms with van der Waals surface area (Å²) in [5.41, 5.74) is 3.16. The van der Waals surface area contributed by atoms with Gasteiger partial charge in [0, 0.05) is 23.9 Å². The van der Waals surface area contributed by atoms with E-state index in [0.717, 1.165) is 30.0 Å². The first-order valence-electron chi connectivity index (χ1n) is 8.36. The van der Waals surface area contributed by atoms with Crippen molar-refractivity contribution in [2.24, 2.45) is 5.92 Å². The number of nitrogens with zero attached hydrogens (tertiary/aromatic N) is 5. The summed E-state index contributed by atoms with van der Waals surface area (Å²) in [6, 6.07) is 2.52. The minimum absolute atomic E-state index is 0.185. The molecule has 4 rings (SSSR count). The fourth-order valence-electron chi connectivity index (χ4n) is 3.91. The van der Waals surface area contributed by atoms with Crippen molar-refractivity contribution in [1.29, 1.82) is 5.26 Å². The second-order valence-electron chi connectivity index (χ2n) is 6.41. The molecule has 1 aliphatic heterocycles. The summed E-state index contributed by atoms with van der Waals surface area (Å²) < 4.78 is 1.99. The number of nitrogens with one attached hydrogen (secondary N) is 1. The molecule has 0 radical (unpaired) electrons. The van der Waals surface area contributed by atoms with Crippen molar-refractivity contribution in [2.45, 2.75) is 44.6 Å². The van der Waals surface area contributed by atoms with E-state index >= 15 is 0 Å². The van der Waals surface area contributed by atoms with Crippen molar-refractivity contribution in [1.82, 2.24) is 19.7 Å². The van der Waals surface area contributed by atoms with Gasteiger partial charge in [-0.05, 0) is 25.2 Å². The van der Waals surface area contributed by atoms with Gasteiger partial charge < -0.3 is 5.32 Å². The Kier molecular flexibility index (Phi) is 3.70. The molecule has 1 saturated carbocycles. The van der Waals surface area contributed by atoms with Gasteiger partial charge in [0.25, 0.3) is 0 Å². The zero-order valence-electron chi connectivity index (χ0n) is 13.1. The van der Waals surface area contributed by atoms with Gasteiger partial charge in [0.1, 0.15) is 12.1 Å². The van der Waals surface area contributed by atoms with E-state index in [2.05, 4.69) is 32.6 Å². The maximum atomic E-state index is 9.19. The first-order valence-corrected chi connectivity index (χ1v) is 8.36. The topological polar surface area (TPSA) is 79.4 Å². The Morgan fingerprint density at radius 1 is 1.35 bits per heavy atom. The second-order valence-corrected chi connectivity index (χ2v) is 6.41. The third kappa shape index (κ3) is 2.56. The average molecular weight is 308 g/mol. The molecule has 6 heteroatoms. The van der Waals surface area contributed by atoms with Crippen LogP contribution >= 0.6 is 0 Å². The van der Waals surface area contributed by atoms with Crippen molar-refractivity contribution in [3.63, 3.8) is 0 Å². The fraction of sp³-hybridized carbons (Fsp3) is 0.529. The van der Waals surface area contributed by atoms with E-state index < -0.39 is 0 Å². The molecule has 118 valence electrons. The maximum Gasteiger partial charge on any atom is 0.133 e. The van der Waals surface area contributed by atoms with E-state index in [0.29, 0.717) is 12.3 Å². The summed E-state index contributed by atoms with van der Waals surface area (Å²) in [5.74, 6) is 1.51. The van der Waals surface area contributed by atoms with Gasteiger partial charge in [0.05, 0.1) is 30.4 Å². The van der Waals surface area contributed by atoms with Crippen LogP contribution in [0.3, 0.4) is 0 Å². The number of rotatable bonds is 4. The Bertz CT molecular complexity index is 738. The van der Waals surface area contributed by atoms with Crippen molar-refractivity contribution in [2.75, 3.05) is 11.9 Å². The van der Waals surface area contributed by atoms with Gasteiger partial charge in [-0.15, -0.1) is 0 Å². The van der Waals surface area contributed by atoms with Gasteiger partial charge in [-0.3, -0.25) is 4.68 Å². The van der Waals surface area contributed by atoms with Gasteiger partial charge >= 0.3 is 0 Å². The lowest BCUT2D eigenvalue weighted by Crippen LogP contribution is -2.17. The molecular weight excluding hydrogens is 288 g/mol. The highest BCUT2D eigenvalue weighted by molar-refractivity contribution is 5.69. The lowest BCUT2D eigenvalue weighted by Gasteiger charge is -2.21. The molecule has 0 amide bonds. The zero-order chi connectivity index (χ0) is 15.6. The SMILES string of the molecule is N#CC[C@@H](C1CCCC1)n1cc(-c2ncnc3c2CCN3)cn1. The molecule has 2 aliphatic rings. The van der Waals surface area contributed by atoms with E-state index in [1.165, 1.54) is 31.2 Å². The van der Waals surface area contributed by atoms with E-state index in [1.54, 1.807) is 6.33 Å². The summed E-state index contributed by atoms with van der Waals surface area (Å²) >= 11 is 0. The second kappa shape index (κ2) is 5.99. The predicted octanol–water partition coefficient (Wildman–Crippen LogP) is 2.95. The van der Waals surface area contributed by atoms with E-state index in [1.807, 2.05) is 10.9 Å². The van der Waals surface area contributed by atoms with Crippen LogP contribution in [-0.4, -0.2) is 26.3 Å². The summed E-state index contributed by atoms with van der Waals surface area (Å²) in [6.07, 6.45) is 11.9. The van der Waals surface area contributed by atoms with Crippen LogP contribution in [0.2, 0.25) is 0 Å². The molecule has 23 heavy (non-hydrogen) atoms. The van der Waals surface area contributed by atoms with E-state index in [9.17, 15) is 5.26 Å². The smallest absolute Gasteiger partial charge is 0.133 e. The molecule has 2 aromatic heterocycles. The molecule has 0 saturated heterocycles. The van der Waals surface area contributed by atoms with Crippen molar-refractivity contribution >= 4 is 5.82 Å². The summed E-state index contributed by atoms with van der Waals surface area (Å²) in [5, 5.41) is 17.0. The molecule has 1 N–H and O–H groups in total. The minimum Gasteiger partial charge on any atom is -0.369 e. The van der Waals surface area contributed by atoms with Crippen LogP contribution in [0.25, 0.3) is 11.3 Å². The highest BCUT2D eigenvalue weighted by atomic mass is 15.3. The molecule has 0 aromatic carbocycles. The highest BCUT2D eigenvalue weighted by Gasteiger charge is 2.27. The molecule has 0 spiro atoms. The van der Waals surface area contributed by atoms with Crippen LogP contribution < -0.4 is 5.32 Å². The van der Waals surface area contributed by atoms with Crippen LogP contribution in [0.15, 0.2) is 18.7 Å². The molecule has 1 fully saturated rings. The number of anilines is 1. The number of hydrogen-bond donors (Lipinski definition) is 1. The molecule has 1 atom stereocenters. The fourth-order valence-corrected chi connectivity index (χ4v) is 3.91. The van der Waals surface area contributed by atoms with Crippen LogP contribution in [0, 0.1) is 17.2 Å². The zero-order valence-corrected chi connectivity index (χ0v) is 13.1. The Balaban J connectivity index is 1.66. The van der Waals surface area contributed by atoms with Crippen LogP contribution in [0.1, 0.15) is 43.7 Å². The van der Waals surface area contributed by atoms with Gasteiger partial charge in [0.2, 0.25) is 0 Å². The van der Waals surface area contributed by atoms with Gasteiger partial charge in [0.15, 0.2) is 0 Å². The third-order valence-corrected chi connectivity index (χ3v) is 5.07. The Hall–Kier alpha value is -2.42. The molecule has 0 bridgehead atoms. The minimum atomic E-state index is 0.185. The molecule has 2 aromatic rings. The van der Waals surface area contributed by atoms with Crippen LogP contribution in [0.5, 0.6) is 0 Å². The first-order chi connectivity index (χ1) is 11.4. The Labute approximate surface area is 135 Å².